The number of ether oxygens (including phenoxy) is 4. The van der Waals surface area contributed by atoms with Crippen molar-refractivity contribution in [2.24, 2.45) is 0 Å². The molecule has 0 radical (unpaired) electrons. The summed E-state index contributed by atoms with van der Waals surface area (Å²) in [7, 11) is 1.75. The van der Waals surface area contributed by atoms with E-state index in [-0.39, 0.29) is 17.1 Å². The van der Waals surface area contributed by atoms with Crippen molar-refractivity contribution in [2.45, 2.75) is 17.4 Å². The fourth-order valence-corrected chi connectivity index (χ4v) is 4.61. The van der Waals surface area contributed by atoms with Crippen LogP contribution >= 0.6 is 0 Å². The van der Waals surface area contributed by atoms with E-state index in [4.69, 9.17) is 18.9 Å². The fraction of sp³-hybridized carbons (Fsp3) is 0.240. The lowest BCUT2D eigenvalue weighted by atomic mass is 10.1. The lowest BCUT2D eigenvalue weighted by Crippen LogP contribution is -2.45. The Bertz CT molecular complexity index is 1260. The van der Waals surface area contributed by atoms with Crippen LogP contribution in [0.2, 0.25) is 0 Å². The highest BCUT2D eigenvalue weighted by Crippen LogP contribution is 2.31. The molecular weight excluding hydrogens is 472 g/mol. The third kappa shape index (κ3) is 6.43. The second-order valence-corrected chi connectivity index (χ2v) is 9.15. The van der Waals surface area contributed by atoms with Crippen LogP contribution in [0.3, 0.4) is 0 Å². The molecule has 0 bridgehead atoms. The second kappa shape index (κ2) is 11.6. The summed E-state index contributed by atoms with van der Waals surface area (Å²) in [6.07, 6.45) is 0.123. The number of carbonyl (C=O) groups excluding carboxylic acids is 1. The third-order valence-electron chi connectivity index (χ3n) is 5.23. The van der Waals surface area contributed by atoms with Gasteiger partial charge in [-0.25, -0.2) is 8.42 Å². The molecule has 0 saturated heterocycles. The highest BCUT2D eigenvalue weighted by molar-refractivity contribution is 7.89. The Morgan fingerprint density at radius 2 is 1.49 bits per heavy atom. The molecular formula is C25H28N2O7S. The maximum absolute atomic E-state index is 13.3. The highest BCUT2D eigenvalue weighted by atomic mass is 32.2. The van der Waals surface area contributed by atoms with Gasteiger partial charge in [0.15, 0.2) is 11.5 Å². The molecule has 0 saturated carbocycles. The number of anilines is 1. The van der Waals surface area contributed by atoms with Crippen molar-refractivity contribution in [1.82, 2.24) is 4.72 Å². The van der Waals surface area contributed by atoms with Gasteiger partial charge in [0, 0.05) is 12.1 Å². The lowest BCUT2D eigenvalue weighted by Gasteiger charge is -2.20. The molecule has 0 aliphatic carbocycles. The van der Waals surface area contributed by atoms with Crippen LogP contribution in [0, 0.1) is 0 Å². The van der Waals surface area contributed by atoms with Crippen LogP contribution in [0.15, 0.2) is 71.6 Å². The summed E-state index contributed by atoms with van der Waals surface area (Å²) >= 11 is 0. The first-order valence-electron chi connectivity index (χ1n) is 10.6. The summed E-state index contributed by atoms with van der Waals surface area (Å²) in [4.78, 5) is 13.2. The van der Waals surface area contributed by atoms with Gasteiger partial charge < -0.3 is 24.3 Å². The molecule has 0 aliphatic heterocycles. The molecule has 0 aliphatic rings. The van der Waals surface area contributed by atoms with E-state index < -0.39 is 22.0 Å². The largest absolute Gasteiger partial charge is 0.497 e. The standard InChI is InChI=1S/C25H28N2O7S/c1-31-18-10-12-20(23(15-18)33-3)26-25(28)21(14-17-8-6-5-7-9-17)27-35(29,30)19-11-13-22(32-2)24(16-19)34-4/h5-13,15-16,21,27H,14H2,1-4H3,(H,26,28)/t21-/m0/s1. The van der Waals surface area contributed by atoms with Crippen molar-refractivity contribution in [3.8, 4) is 23.0 Å². The highest BCUT2D eigenvalue weighted by Gasteiger charge is 2.27. The summed E-state index contributed by atoms with van der Waals surface area (Å²) in [5, 5.41) is 2.76. The Morgan fingerprint density at radius 3 is 2.11 bits per heavy atom. The number of carbonyl (C=O) groups is 1. The van der Waals surface area contributed by atoms with Gasteiger partial charge >= 0.3 is 0 Å². The molecule has 0 fully saturated rings. The summed E-state index contributed by atoms with van der Waals surface area (Å²) in [6.45, 7) is 0. The minimum atomic E-state index is -4.10. The first kappa shape index (κ1) is 25.9. The van der Waals surface area contributed by atoms with Crippen molar-refractivity contribution in [1.29, 1.82) is 0 Å². The number of amides is 1. The van der Waals surface area contributed by atoms with Gasteiger partial charge in [-0.05, 0) is 36.2 Å². The van der Waals surface area contributed by atoms with Crippen LogP contribution in [0.25, 0.3) is 0 Å². The average Bonchev–Trinajstić information content (AvgIpc) is 2.88. The molecule has 2 N–H and O–H groups in total. The van der Waals surface area contributed by atoms with Crippen molar-refractivity contribution in [2.75, 3.05) is 33.8 Å². The zero-order valence-electron chi connectivity index (χ0n) is 19.9. The molecule has 10 heteroatoms. The average molecular weight is 501 g/mol. The molecule has 3 aromatic carbocycles. The first-order valence-corrected chi connectivity index (χ1v) is 12.1. The van der Waals surface area contributed by atoms with Gasteiger partial charge in [0.25, 0.3) is 0 Å². The molecule has 1 amide bonds. The van der Waals surface area contributed by atoms with Crippen LogP contribution in [0.1, 0.15) is 5.56 Å². The summed E-state index contributed by atoms with van der Waals surface area (Å²) in [5.74, 6) is 1.01. The van der Waals surface area contributed by atoms with Crippen molar-refractivity contribution >= 4 is 21.6 Å². The van der Waals surface area contributed by atoms with Crippen LogP contribution in [-0.2, 0) is 21.2 Å². The molecule has 3 aromatic rings. The Morgan fingerprint density at radius 1 is 0.800 bits per heavy atom. The quantitative estimate of drug-likeness (QED) is 0.416. The molecule has 9 nitrogen and oxygen atoms in total. The van der Waals surface area contributed by atoms with Gasteiger partial charge in [-0.3, -0.25) is 4.79 Å². The zero-order valence-corrected chi connectivity index (χ0v) is 20.7. The van der Waals surface area contributed by atoms with Crippen molar-refractivity contribution in [3.63, 3.8) is 0 Å². The molecule has 0 unspecified atom stereocenters. The van der Waals surface area contributed by atoms with Crippen LogP contribution in [0.4, 0.5) is 5.69 Å². The van der Waals surface area contributed by atoms with E-state index >= 15 is 0 Å². The van der Waals surface area contributed by atoms with Gasteiger partial charge in [-0.1, -0.05) is 30.3 Å². The molecule has 1 atom stereocenters. The number of methoxy groups -OCH3 is 4. The van der Waals surface area contributed by atoms with E-state index in [9.17, 15) is 13.2 Å². The smallest absolute Gasteiger partial charge is 0.243 e. The van der Waals surface area contributed by atoms with Gasteiger partial charge in [-0.15, -0.1) is 0 Å². The SMILES string of the molecule is COc1ccc(NC(=O)[C@H](Cc2ccccc2)NS(=O)(=O)c2ccc(OC)c(OC)c2)c(OC)c1. The van der Waals surface area contributed by atoms with E-state index in [1.165, 1.54) is 46.6 Å². The number of hydrogen-bond donors (Lipinski definition) is 2. The first-order chi connectivity index (χ1) is 16.8. The fourth-order valence-electron chi connectivity index (χ4n) is 3.40. The number of benzene rings is 3. The Balaban J connectivity index is 1.92. The maximum Gasteiger partial charge on any atom is 0.243 e. The maximum atomic E-state index is 13.3. The van der Waals surface area contributed by atoms with E-state index in [1.807, 2.05) is 30.3 Å². The Kier molecular flexibility index (Phi) is 8.56. The Hall–Kier alpha value is -3.76. The van der Waals surface area contributed by atoms with Gasteiger partial charge in [0.05, 0.1) is 39.0 Å². The molecule has 3 rings (SSSR count). The number of rotatable bonds is 11. The predicted molar refractivity (Wildman–Crippen MR) is 132 cm³/mol. The molecule has 35 heavy (non-hydrogen) atoms. The lowest BCUT2D eigenvalue weighted by molar-refractivity contribution is -0.117. The Labute approximate surface area is 205 Å². The zero-order chi connectivity index (χ0) is 25.4. The van der Waals surface area contributed by atoms with E-state index in [0.717, 1.165) is 5.56 Å². The molecule has 0 heterocycles. The number of hydrogen-bond acceptors (Lipinski definition) is 7. The summed E-state index contributed by atoms with van der Waals surface area (Å²) in [5.41, 5.74) is 1.16. The van der Waals surface area contributed by atoms with Gasteiger partial charge in [0.1, 0.15) is 17.5 Å². The minimum Gasteiger partial charge on any atom is -0.497 e. The van der Waals surface area contributed by atoms with Crippen molar-refractivity contribution < 1.29 is 32.2 Å². The van der Waals surface area contributed by atoms with Crippen LogP contribution in [-0.4, -0.2) is 48.8 Å². The predicted octanol–water partition coefficient (Wildman–Crippen LogP) is 3.25. The van der Waals surface area contributed by atoms with Crippen molar-refractivity contribution in [3.05, 3.63) is 72.3 Å². The van der Waals surface area contributed by atoms with Crippen LogP contribution < -0.4 is 29.0 Å². The minimum absolute atomic E-state index is 0.0666. The molecule has 0 aromatic heterocycles. The normalized spacial score (nSPS) is 11.9. The third-order valence-corrected chi connectivity index (χ3v) is 6.70. The van der Waals surface area contributed by atoms with Crippen LogP contribution in [0.5, 0.6) is 23.0 Å². The second-order valence-electron chi connectivity index (χ2n) is 7.44. The van der Waals surface area contributed by atoms with E-state index in [0.29, 0.717) is 22.9 Å². The molecule has 186 valence electrons. The van der Waals surface area contributed by atoms with E-state index in [1.54, 1.807) is 18.2 Å². The molecule has 0 spiro atoms. The number of sulfonamides is 1. The topological polar surface area (TPSA) is 112 Å². The summed E-state index contributed by atoms with van der Waals surface area (Å²) in [6, 6.07) is 17.1. The van der Waals surface area contributed by atoms with Gasteiger partial charge in [-0.2, -0.15) is 4.72 Å². The number of nitrogens with one attached hydrogen (secondary N) is 2. The summed E-state index contributed by atoms with van der Waals surface area (Å²) < 4.78 is 49.9. The van der Waals surface area contributed by atoms with E-state index in [2.05, 4.69) is 10.0 Å². The van der Waals surface area contributed by atoms with Gasteiger partial charge in [0.2, 0.25) is 15.9 Å². The monoisotopic (exact) mass is 500 g/mol.